The van der Waals surface area contributed by atoms with Gasteiger partial charge in [0, 0.05) is 5.92 Å². The van der Waals surface area contributed by atoms with Gasteiger partial charge in [-0.2, -0.15) is 0 Å². The molecule has 3 rings (SSSR count). The van der Waals surface area contributed by atoms with E-state index in [1.807, 2.05) is 0 Å². The molecule has 0 aromatic rings. The first kappa shape index (κ1) is 10.6. The molecule has 1 spiro atoms. The average molecular weight is 218 g/mol. The van der Waals surface area contributed by atoms with Gasteiger partial charge in [-0.25, -0.2) is 0 Å². The van der Waals surface area contributed by atoms with Crippen molar-refractivity contribution in [2.24, 2.45) is 11.8 Å². The second kappa shape index (κ2) is 3.01. The Hall–Kier alpha value is -0.560. The zero-order chi connectivity index (χ0) is 11.6. The molecule has 0 amide bonds. The molecule has 1 nitrogen and oxygen atoms in total. The fraction of sp³-hybridized carbons (Fsp3) is 0.733. The summed E-state index contributed by atoms with van der Waals surface area (Å²) < 4.78 is 6.54. The monoisotopic (exact) mass is 218 g/mol. The van der Waals surface area contributed by atoms with Crippen LogP contribution >= 0.6 is 0 Å². The van der Waals surface area contributed by atoms with Gasteiger partial charge in [-0.3, -0.25) is 0 Å². The lowest BCUT2D eigenvalue weighted by molar-refractivity contribution is -0.0913. The van der Waals surface area contributed by atoms with E-state index in [4.69, 9.17) is 4.74 Å². The minimum absolute atomic E-state index is 0.0469. The van der Waals surface area contributed by atoms with E-state index in [0.29, 0.717) is 11.8 Å². The van der Waals surface area contributed by atoms with Crippen molar-refractivity contribution in [1.29, 1.82) is 0 Å². The molecule has 1 saturated heterocycles. The lowest BCUT2D eigenvalue weighted by Gasteiger charge is -2.37. The van der Waals surface area contributed by atoms with Gasteiger partial charge in [0.15, 0.2) is 0 Å². The normalized spacial score (nSPS) is 44.8. The molecule has 0 radical (unpaired) electrons. The number of hydrogen-bond donors (Lipinski definition) is 0. The van der Waals surface area contributed by atoms with Crippen LogP contribution in [0.5, 0.6) is 0 Å². The molecular weight excluding hydrogens is 196 g/mol. The molecule has 1 heterocycles. The average Bonchev–Trinajstić information content (AvgIpc) is 2.57. The third kappa shape index (κ3) is 1.15. The van der Waals surface area contributed by atoms with Crippen LogP contribution in [-0.4, -0.2) is 11.2 Å². The number of allylic oxidation sites excluding steroid dienone is 2. The highest BCUT2D eigenvalue weighted by Gasteiger charge is 2.57. The van der Waals surface area contributed by atoms with Crippen LogP contribution in [0.2, 0.25) is 0 Å². The molecule has 1 aliphatic heterocycles. The van der Waals surface area contributed by atoms with E-state index in [2.05, 4.69) is 39.8 Å². The minimum Gasteiger partial charge on any atom is -0.364 e. The van der Waals surface area contributed by atoms with E-state index in [1.165, 1.54) is 24.8 Å². The highest BCUT2D eigenvalue weighted by atomic mass is 16.5. The predicted molar refractivity (Wildman–Crippen MR) is 66.2 cm³/mol. The van der Waals surface area contributed by atoms with Crippen LogP contribution < -0.4 is 0 Å². The quantitative estimate of drug-likeness (QED) is 0.561. The Balaban J connectivity index is 2.11. The summed E-state index contributed by atoms with van der Waals surface area (Å²) in [4.78, 5) is 0. The molecule has 0 aromatic heterocycles. The van der Waals surface area contributed by atoms with Gasteiger partial charge >= 0.3 is 0 Å². The van der Waals surface area contributed by atoms with Crippen LogP contribution in [0, 0.1) is 11.8 Å². The van der Waals surface area contributed by atoms with Crippen LogP contribution in [-0.2, 0) is 4.74 Å². The molecule has 0 N–H and O–H groups in total. The summed E-state index contributed by atoms with van der Waals surface area (Å²) in [7, 11) is 0. The maximum Gasteiger partial charge on any atom is 0.0967 e. The number of fused-ring (bicyclic) bond motifs is 1. The van der Waals surface area contributed by atoms with Crippen molar-refractivity contribution in [3.05, 3.63) is 23.3 Å². The Morgan fingerprint density at radius 1 is 1.19 bits per heavy atom. The van der Waals surface area contributed by atoms with Crippen LogP contribution in [0.15, 0.2) is 23.3 Å². The molecule has 3 aliphatic rings. The highest BCUT2D eigenvalue weighted by molar-refractivity contribution is 5.35. The summed E-state index contributed by atoms with van der Waals surface area (Å²) in [6.45, 7) is 9.08. The lowest BCUT2D eigenvalue weighted by Crippen LogP contribution is -2.39. The molecule has 1 heteroatoms. The number of rotatable bonds is 0. The zero-order valence-electron chi connectivity index (χ0n) is 10.8. The van der Waals surface area contributed by atoms with Crippen molar-refractivity contribution in [1.82, 2.24) is 0 Å². The first-order valence-corrected chi connectivity index (χ1v) is 6.50. The maximum atomic E-state index is 6.54. The van der Waals surface area contributed by atoms with Gasteiger partial charge in [0.05, 0.1) is 11.2 Å². The first-order chi connectivity index (χ1) is 7.46. The molecule has 2 bridgehead atoms. The minimum atomic E-state index is 0.0469. The van der Waals surface area contributed by atoms with E-state index in [9.17, 15) is 0 Å². The van der Waals surface area contributed by atoms with Gasteiger partial charge in [-0.05, 0) is 58.4 Å². The van der Waals surface area contributed by atoms with Crippen molar-refractivity contribution in [3.8, 4) is 0 Å². The molecule has 3 atom stereocenters. The molecular formula is C15H22O. The van der Waals surface area contributed by atoms with Crippen molar-refractivity contribution < 1.29 is 4.74 Å². The Labute approximate surface area is 98.6 Å². The summed E-state index contributed by atoms with van der Waals surface area (Å²) in [5.41, 5.74) is 3.12. The molecule has 16 heavy (non-hydrogen) atoms. The van der Waals surface area contributed by atoms with Crippen LogP contribution in [0.4, 0.5) is 0 Å². The SMILES string of the molecule is CC1=CC[C@@H]2C[C@]3(OC2(C)C)C(C)=CCC13. The fourth-order valence-corrected chi connectivity index (χ4v) is 3.98. The van der Waals surface area contributed by atoms with Crippen molar-refractivity contribution in [2.45, 2.75) is 58.2 Å². The maximum absolute atomic E-state index is 6.54. The molecule has 0 aromatic carbocycles. The van der Waals surface area contributed by atoms with Gasteiger partial charge in [0.25, 0.3) is 0 Å². The molecule has 88 valence electrons. The fourth-order valence-electron chi connectivity index (χ4n) is 3.98. The second-order valence-corrected chi connectivity index (χ2v) is 6.36. The third-order valence-corrected chi connectivity index (χ3v) is 5.14. The topological polar surface area (TPSA) is 9.23 Å². The van der Waals surface area contributed by atoms with Gasteiger partial charge < -0.3 is 4.74 Å². The van der Waals surface area contributed by atoms with E-state index in [0.717, 1.165) is 0 Å². The van der Waals surface area contributed by atoms with Gasteiger partial charge in [0.1, 0.15) is 0 Å². The number of ether oxygens (including phenoxy) is 1. The van der Waals surface area contributed by atoms with Gasteiger partial charge in [-0.15, -0.1) is 0 Å². The molecule has 1 unspecified atom stereocenters. The summed E-state index contributed by atoms with van der Waals surface area (Å²) in [6, 6.07) is 0. The van der Waals surface area contributed by atoms with Gasteiger partial charge in [-0.1, -0.05) is 17.7 Å². The highest BCUT2D eigenvalue weighted by Crippen LogP contribution is 2.57. The summed E-state index contributed by atoms with van der Waals surface area (Å²) in [5, 5.41) is 0. The van der Waals surface area contributed by atoms with E-state index < -0.39 is 0 Å². The first-order valence-electron chi connectivity index (χ1n) is 6.50. The predicted octanol–water partition coefficient (Wildman–Crippen LogP) is 3.86. The van der Waals surface area contributed by atoms with E-state index >= 15 is 0 Å². The largest absolute Gasteiger partial charge is 0.364 e. The van der Waals surface area contributed by atoms with E-state index in [-0.39, 0.29) is 11.2 Å². The van der Waals surface area contributed by atoms with Crippen molar-refractivity contribution >= 4 is 0 Å². The second-order valence-electron chi connectivity index (χ2n) is 6.36. The Morgan fingerprint density at radius 3 is 2.69 bits per heavy atom. The summed E-state index contributed by atoms with van der Waals surface area (Å²) in [5.74, 6) is 1.30. The molecule has 2 aliphatic carbocycles. The summed E-state index contributed by atoms with van der Waals surface area (Å²) in [6.07, 6.45) is 8.46. The van der Waals surface area contributed by atoms with Crippen molar-refractivity contribution in [3.63, 3.8) is 0 Å². The molecule has 1 fully saturated rings. The Kier molecular flexibility index (Phi) is 1.99. The van der Waals surface area contributed by atoms with E-state index in [1.54, 1.807) is 5.57 Å². The smallest absolute Gasteiger partial charge is 0.0967 e. The molecule has 0 saturated carbocycles. The zero-order valence-corrected chi connectivity index (χ0v) is 10.8. The third-order valence-electron chi connectivity index (χ3n) is 5.14. The number of hydrogen-bond acceptors (Lipinski definition) is 1. The Morgan fingerprint density at radius 2 is 1.94 bits per heavy atom. The van der Waals surface area contributed by atoms with Gasteiger partial charge in [0.2, 0.25) is 0 Å². The summed E-state index contributed by atoms with van der Waals surface area (Å²) >= 11 is 0. The van der Waals surface area contributed by atoms with Crippen LogP contribution in [0.3, 0.4) is 0 Å². The lowest BCUT2D eigenvalue weighted by atomic mass is 9.79. The standard InChI is InChI=1S/C15H22O/c1-10-5-7-12-9-15(16-14(12,3)4)11(2)6-8-13(10)15/h5-6,12-13H,7-9H2,1-4H3/t12-,13?,15+/m1/s1. The van der Waals surface area contributed by atoms with Crippen LogP contribution in [0.25, 0.3) is 0 Å². The Bertz CT molecular complexity index is 388. The van der Waals surface area contributed by atoms with Crippen LogP contribution in [0.1, 0.15) is 47.0 Å². The van der Waals surface area contributed by atoms with Crippen molar-refractivity contribution in [2.75, 3.05) is 0 Å².